The van der Waals surface area contributed by atoms with Gasteiger partial charge < -0.3 is 21.5 Å². The summed E-state index contributed by atoms with van der Waals surface area (Å²) in [5.41, 5.74) is 10.8. The molecule has 0 heterocycles. The number of hydrogen-bond donors (Lipinski definition) is 3. The van der Waals surface area contributed by atoms with Crippen molar-refractivity contribution >= 4 is 17.6 Å². The molecular formula is C20H28F2N4O3. The molecule has 29 heavy (non-hydrogen) atoms. The number of ketones is 1. The fraction of sp³-hybridized carbons (Fsp3) is 0.550. The molecule has 0 unspecified atom stereocenters. The minimum atomic E-state index is -0.889. The molecule has 1 aliphatic rings. The number of halogens is 2. The second kappa shape index (κ2) is 10.7. The van der Waals surface area contributed by atoms with E-state index >= 15 is 0 Å². The summed E-state index contributed by atoms with van der Waals surface area (Å²) in [7, 11) is 0. The first kappa shape index (κ1) is 22.6. The van der Waals surface area contributed by atoms with Crippen LogP contribution in [0.3, 0.4) is 0 Å². The minimum Gasteiger partial charge on any atom is -0.480 e. The van der Waals surface area contributed by atoms with Crippen LogP contribution in [-0.4, -0.2) is 36.8 Å². The van der Waals surface area contributed by atoms with Crippen LogP contribution in [0.5, 0.6) is 5.75 Å². The van der Waals surface area contributed by atoms with Gasteiger partial charge in [-0.25, -0.2) is 8.78 Å². The third kappa shape index (κ3) is 6.69. The Hall–Kier alpha value is -2.71. The molecule has 0 bridgehead atoms. The molecule has 1 aliphatic carbocycles. The third-order valence-electron chi connectivity index (χ3n) is 4.98. The van der Waals surface area contributed by atoms with Crippen molar-refractivity contribution in [2.75, 3.05) is 13.2 Å². The Labute approximate surface area is 168 Å². The number of aryl methyl sites for hydroxylation is 1. The number of amides is 1. The van der Waals surface area contributed by atoms with E-state index in [0.717, 1.165) is 31.7 Å². The predicted octanol–water partition coefficient (Wildman–Crippen LogP) is 1.95. The Balaban J connectivity index is 2.01. The number of hydrogen-bond acceptors (Lipinski definition) is 4. The van der Waals surface area contributed by atoms with E-state index in [0.29, 0.717) is 13.0 Å². The Bertz CT molecular complexity index is 760. The summed E-state index contributed by atoms with van der Waals surface area (Å²) in [6.07, 6.45) is 4.28. The molecular weight excluding hydrogens is 382 g/mol. The van der Waals surface area contributed by atoms with Crippen molar-refractivity contribution in [2.45, 2.75) is 51.5 Å². The summed E-state index contributed by atoms with van der Waals surface area (Å²) in [5, 5.41) is 2.76. The summed E-state index contributed by atoms with van der Waals surface area (Å²) < 4.78 is 33.0. The van der Waals surface area contributed by atoms with Crippen molar-refractivity contribution in [3.63, 3.8) is 0 Å². The summed E-state index contributed by atoms with van der Waals surface area (Å²) in [4.78, 5) is 28.9. The fourth-order valence-corrected chi connectivity index (χ4v) is 3.30. The molecule has 1 aromatic rings. The molecule has 9 heteroatoms. The Morgan fingerprint density at radius 3 is 2.62 bits per heavy atom. The number of Topliss-reactive ketones (excluding diaryl/α,β-unsaturated/α-hetero) is 1. The summed E-state index contributed by atoms with van der Waals surface area (Å²) >= 11 is 0. The van der Waals surface area contributed by atoms with Gasteiger partial charge in [0.2, 0.25) is 5.91 Å². The van der Waals surface area contributed by atoms with Gasteiger partial charge in [0.25, 0.3) is 0 Å². The molecule has 160 valence electrons. The standard InChI is InChI=1S/C20H28F2N4O3/c1-12-8-9-14(21)18(17(12)22)29-11-16(27)15(7-4-10-25-20(23)24)26-19(28)13-5-2-3-6-13/h8-9,13,15H,2-7,10-11H2,1H3,(H,26,28)(H4,23,24,25)/t15-/m0/s1. The Morgan fingerprint density at radius 2 is 1.97 bits per heavy atom. The van der Waals surface area contributed by atoms with Gasteiger partial charge in [-0.15, -0.1) is 0 Å². The van der Waals surface area contributed by atoms with E-state index in [9.17, 15) is 18.4 Å². The number of rotatable bonds is 10. The number of nitrogens with one attached hydrogen (secondary N) is 1. The minimum absolute atomic E-state index is 0.0587. The lowest BCUT2D eigenvalue weighted by atomic mass is 10.0. The Kier molecular flexibility index (Phi) is 8.35. The monoisotopic (exact) mass is 410 g/mol. The van der Waals surface area contributed by atoms with E-state index in [4.69, 9.17) is 16.2 Å². The lowest BCUT2D eigenvalue weighted by Crippen LogP contribution is -2.45. The maximum atomic E-state index is 14.1. The molecule has 7 nitrogen and oxygen atoms in total. The molecule has 0 spiro atoms. The van der Waals surface area contributed by atoms with Crippen LogP contribution < -0.4 is 21.5 Å². The molecule has 1 aromatic carbocycles. The lowest BCUT2D eigenvalue weighted by molar-refractivity contribution is -0.131. The van der Waals surface area contributed by atoms with Crippen LogP contribution in [0.4, 0.5) is 8.78 Å². The highest BCUT2D eigenvalue weighted by molar-refractivity contribution is 5.90. The fourth-order valence-electron chi connectivity index (χ4n) is 3.30. The zero-order valence-corrected chi connectivity index (χ0v) is 16.5. The molecule has 1 atom stereocenters. The van der Waals surface area contributed by atoms with Gasteiger partial charge in [0.05, 0.1) is 6.04 Å². The zero-order chi connectivity index (χ0) is 21.4. The number of guanidine groups is 1. The van der Waals surface area contributed by atoms with Gasteiger partial charge in [0, 0.05) is 12.5 Å². The Morgan fingerprint density at radius 1 is 1.28 bits per heavy atom. The van der Waals surface area contributed by atoms with E-state index in [1.807, 2.05) is 0 Å². The summed E-state index contributed by atoms with van der Waals surface area (Å²) in [5.74, 6) is -3.17. The molecule has 5 N–H and O–H groups in total. The van der Waals surface area contributed by atoms with Gasteiger partial charge in [-0.2, -0.15) is 0 Å². The highest BCUT2D eigenvalue weighted by Crippen LogP contribution is 2.26. The smallest absolute Gasteiger partial charge is 0.223 e. The number of carbonyl (C=O) groups is 2. The highest BCUT2D eigenvalue weighted by atomic mass is 19.1. The number of carbonyl (C=O) groups excluding carboxylic acids is 2. The second-order valence-corrected chi connectivity index (χ2v) is 7.25. The van der Waals surface area contributed by atoms with Crippen LogP contribution in [0.25, 0.3) is 0 Å². The number of ether oxygens (including phenoxy) is 1. The second-order valence-electron chi connectivity index (χ2n) is 7.25. The van der Waals surface area contributed by atoms with E-state index in [2.05, 4.69) is 10.3 Å². The third-order valence-corrected chi connectivity index (χ3v) is 4.98. The van der Waals surface area contributed by atoms with Crippen LogP contribution in [-0.2, 0) is 9.59 Å². The first-order valence-corrected chi connectivity index (χ1v) is 9.75. The zero-order valence-electron chi connectivity index (χ0n) is 16.5. The van der Waals surface area contributed by atoms with Gasteiger partial charge >= 0.3 is 0 Å². The SMILES string of the molecule is Cc1ccc(F)c(OCC(=O)[C@H](CCCN=C(N)N)NC(=O)C2CCCC2)c1F. The summed E-state index contributed by atoms with van der Waals surface area (Å²) in [6, 6.07) is 1.52. The number of benzene rings is 1. The predicted molar refractivity (Wildman–Crippen MR) is 105 cm³/mol. The average Bonchev–Trinajstić information content (AvgIpc) is 3.21. The van der Waals surface area contributed by atoms with Crippen molar-refractivity contribution in [3.8, 4) is 5.75 Å². The van der Waals surface area contributed by atoms with E-state index in [-0.39, 0.29) is 29.8 Å². The van der Waals surface area contributed by atoms with Gasteiger partial charge in [0.15, 0.2) is 29.1 Å². The number of aliphatic imine (C=N–C) groups is 1. The molecule has 1 amide bonds. The molecule has 2 rings (SSSR count). The van der Waals surface area contributed by atoms with E-state index in [1.54, 1.807) is 0 Å². The van der Waals surface area contributed by atoms with Gasteiger partial charge in [-0.1, -0.05) is 18.9 Å². The van der Waals surface area contributed by atoms with Gasteiger partial charge in [-0.3, -0.25) is 14.6 Å². The maximum Gasteiger partial charge on any atom is 0.223 e. The average molecular weight is 410 g/mol. The van der Waals surface area contributed by atoms with Crippen molar-refractivity contribution in [1.82, 2.24) is 5.32 Å². The molecule has 0 saturated heterocycles. The molecule has 0 radical (unpaired) electrons. The van der Waals surface area contributed by atoms with Crippen LogP contribution in [0.15, 0.2) is 17.1 Å². The number of nitrogens with two attached hydrogens (primary N) is 2. The van der Waals surface area contributed by atoms with Crippen molar-refractivity contribution < 1.29 is 23.1 Å². The van der Waals surface area contributed by atoms with Crippen molar-refractivity contribution in [3.05, 3.63) is 29.3 Å². The van der Waals surface area contributed by atoms with Crippen molar-refractivity contribution in [2.24, 2.45) is 22.4 Å². The molecule has 0 aromatic heterocycles. The van der Waals surface area contributed by atoms with Crippen molar-refractivity contribution in [1.29, 1.82) is 0 Å². The number of nitrogens with zero attached hydrogens (tertiary/aromatic N) is 1. The lowest BCUT2D eigenvalue weighted by Gasteiger charge is -2.20. The van der Waals surface area contributed by atoms with Gasteiger partial charge in [0.1, 0.15) is 6.61 Å². The quantitative estimate of drug-likeness (QED) is 0.309. The van der Waals surface area contributed by atoms with Crippen LogP contribution in [0, 0.1) is 24.5 Å². The van der Waals surface area contributed by atoms with Crippen LogP contribution in [0.1, 0.15) is 44.1 Å². The topological polar surface area (TPSA) is 120 Å². The molecule has 1 fully saturated rings. The molecule has 1 saturated carbocycles. The van der Waals surface area contributed by atoms with E-state index in [1.165, 1.54) is 13.0 Å². The largest absolute Gasteiger partial charge is 0.480 e. The highest BCUT2D eigenvalue weighted by Gasteiger charge is 2.28. The molecule has 0 aliphatic heterocycles. The van der Waals surface area contributed by atoms with Crippen LogP contribution >= 0.6 is 0 Å². The van der Waals surface area contributed by atoms with E-state index < -0.39 is 35.8 Å². The first-order chi connectivity index (χ1) is 13.8. The summed E-state index contributed by atoms with van der Waals surface area (Å²) in [6.45, 7) is 1.21. The van der Waals surface area contributed by atoms with Gasteiger partial charge in [-0.05, 0) is 44.2 Å². The maximum absolute atomic E-state index is 14.1. The normalized spacial score (nSPS) is 15.0. The first-order valence-electron chi connectivity index (χ1n) is 9.75. The van der Waals surface area contributed by atoms with Crippen LogP contribution in [0.2, 0.25) is 0 Å².